The van der Waals surface area contributed by atoms with Gasteiger partial charge in [0.15, 0.2) is 5.78 Å². The number of ketones is 1. The SMILES string of the molecule is CCOC(=O)C1=CC2C(OC(C)=O)=CC1(C)C(=O)C2(C)C. The van der Waals surface area contributed by atoms with Crippen LogP contribution in [0.25, 0.3) is 0 Å². The highest BCUT2D eigenvalue weighted by molar-refractivity contribution is 6.07. The summed E-state index contributed by atoms with van der Waals surface area (Å²) in [6.45, 7) is 8.54. The van der Waals surface area contributed by atoms with E-state index in [-0.39, 0.29) is 12.4 Å². The maximum Gasteiger partial charge on any atom is 0.335 e. The molecule has 0 aromatic rings. The predicted octanol–water partition coefficient (Wildman–Crippen LogP) is 2.17. The lowest BCUT2D eigenvalue weighted by molar-refractivity contribution is -0.148. The average Bonchev–Trinajstić information content (AvgIpc) is 2.35. The summed E-state index contributed by atoms with van der Waals surface area (Å²) in [5.41, 5.74) is -1.52. The second-order valence-electron chi connectivity index (χ2n) is 6.17. The molecule has 5 nitrogen and oxygen atoms in total. The van der Waals surface area contributed by atoms with E-state index < -0.39 is 28.7 Å². The van der Waals surface area contributed by atoms with Crippen molar-refractivity contribution in [2.24, 2.45) is 16.7 Å². The van der Waals surface area contributed by atoms with Crippen LogP contribution in [0.4, 0.5) is 0 Å². The number of fused-ring (bicyclic) bond motifs is 1. The quantitative estimate of drug-likeness (QED) is 0.746. The van der Waals surface area contributed by atoms with Crippen molar-refractivity contribution in [1.29, 1.82) is 0 Å². The van der Waals surface area contributed by atoms with Crippen LogP contribution < -0.4 is 0 Å². The first-order valence-corrected chi connectivity index (χ1v) is 7.00. The van der Waals surface area contributed by atoms with Gasteiger partial charge in [0, 0.05) is 18.3 Å². The Bertz CT molecular complexity index is 581. The fourth-order valence-corrected chi connectivity index (χ4v) is 3.18. The number of Topliss-reactive ketones (excluding diaryl/α,β-unsaturated/α-hetero) is 1. The first-order valence-electron chi connectivity index (χ1n) is 7.00. The summed E-state index contributed by atoms with van der Waals surface area (Å²) in [4.78, 5) is 36.1. The fraction of sp³-hybridized carbons (Fsp3) is 0.562. The Labute approximate surface area is 124 Å². The molecule has 21 heavy (non-hydrogen) atoms. The molecule has 2 atom stereocenters. The van der Waals surface area contributed by atoms with Gasteiger partial charge in [0.1, 0.15) is 5.76 Å². The van der Waals surface area contributed by atoms with Gasteiger partial charge in [-0.25, -0.2) is 4.79 Å². The van der Waals surface area contributed by atoms with Crippen molar-refractivity contribution >= 4 is 17.7 Å². The number of allylic oxidation sites excluding steroid dienone is 2. The highest BCUT2D eigenvalue weighted by Gasteiger charge is 2.58. The van der Waals surface area contributed by atoms with Crippen molar-refractivity contribution in [3.05, 3.63) is 23.5 Å². The zero-order valence-corrected chi connectivity index (χ0v) is 13.0. The maximum atomic E-state index is 12.7. The highest BCUT2D eigenvalue weighted by atomic mass is 16.5. The molecule has 0 saturated heterocycles. The van der Waals surface area contributed by atoms with E-state index in [1.54, 1.807) is 39.8 Å². The fourth-order valence-electron chi connectivity index (χ4n) is 3.18. The first-order chi connectivity index (χ1) is 9.64. The molecule has 0 aliphatic heterocycles. The van der Waals surface area contributed by atoms with E-state index in [0.717, 1.165) is 0 Å². The minimum atomic E-state index is -1.12. The van der Waals surface area contributed by atoms with Gasteiger partial charge in [0.25, 0.3) is 0 Å². The molecule has 0 heterocycles. The molecule has 0 radical (unpaired) electrons. The Kier molecular flexibility index (Phi) is 3.56. The third kappa shape index (κ3) is 2.20. The molecule has 0 amide bonds. The van der Waals surface area contributed by atoms with Crippen LogP contribution in [0, 0.1) is 16.7 Å². The Morgan fingerprint density at radius 2 is 1.90 bits per heavy atom. The third-order valence-electron chi connectivity index (χ3n) is 4.22. The van der Waals surface area contributed by atoms with Gasteiger partial charge in [0.2, 0.25) is 0 Å². The summed E-state index contributed by atoms with van der Waals surface area (Å²) in [6, 6.07) is 0. The van der Waals surface area contributed by atoms with Gasteiger partial charge in [-0.15, -0.1) is 0 Å². The summed E-state index contributed by atoms with van der Waals surface area (Å²) in [5, 5.41) is 0. The van der Waals surface area contributed by atoms with Crippen molar-refractivity contribution < 1.29 is 23.9 Å². The molecule has 3 aliphatic carbocycles. The second-order valence-corrected chi connectivity index (χ2v) is 6.17. The van der Waals surface area contributed by atoms with E-state index in [0.29, 0.717) is 11.3 Å². The molecular weight excluding hydrogens is 272 g/mol. The van der Waals surface area contributed by atoms with E-state index in [4.69, 9.17) is 9.47 Å². The molecule has 0 spiro atoms. The minimum absolute atomic E-state index is 0.0681. The first kappa shape index (κ1) is 15.5. The largest absolute Gasteiger partial charge is 0.463 e. The van der Waals surface area contributed by atoms with E-state index in [1.807, 2.05) is 0 Å². The zero-order chi connectivity index (χ0) is 16.0. The van der Waals surface area contributed by atoms with Gasteiger partial charge in [-0.1, -0.05) is 19.9 Å². The van der Waals surface area contributed by atoms with Crippen LogP contribution in [0.5, 0.6) is 0 Å². The van der Waals surface area contributed by atoms with E-state index >= 15 is 0 Å². The van der Waals surface area contributed by atoms with Crippen molar-refractivity contribution in [3.63, 3.8) is 0 Å². The molecule has 2 bridgehead atoms. The van der Waals surface area contributed by atoms with Crippen LogP contribution in [0.3, 0.4) is 0 Å². The van der Waals surface area contributed by atoms with Crippen LogP contribution in [-0.4, -0.2) is 24.3 Å². The van der Waals surface area contributed by atoms with E-state index in [1.165, 1.54) is 6.92 Å². The Hall–Kier alpha value is -1.91. The van der Waals surface area contributed by atoms with Crippen molar-refractivity contribution in [2.75, 3.05) is 6.61 Å². The lowest BCUT2D eigenvalue weighted by atomic mass is 9.54. The Morgan fingerprint density at radius 3 is 2.43 bits per heavy atom. The van der Waals surface area contributed by atoms with Crippen LogP contribution in [-0.2, 0) is 23.9 Å². The average molecular weight is 292 g/mol. The number of hydrogen-bond donors (Lipinski definition) is 0. The van der Waals surface area contributed by atoms with Crippen molar-refractivity contribution in [3.8, 4) is 0 Å². The van der Waals surface area contributed by atoms with Gasteiger partial charge in [-0.05, 0) is 19.9 Å². The normalized spacial score (nSPS) is 29.6. The van der Waals surface area contributed by atoms with Gasteiger partial charge < -0.3 is 9.47 Å². The van der Waals surface area contributed by atoms with Crippen LogP contribution >= 0.6 is 0 Å². The molecule has 2 unspecified atom stereocenters. The lowest BCUT2D eigenvalue weighted by Gasteiger charge is -2.48. The van der Waals surface area contributed by atoms with Crippen molar-refractivity contribution in [1.82, 2.24) is 0 Å². The number of carbonyl (C=O) groups excluding carboxylic acids is 3. The van der Waals surface area contributed by atoms with Crippen LogP contribution in [0.1, 0.15) is 34.6 Å². The second kappa shape index (κ2) is 4.83. The number of rotatable bonds is 3. The number of ether oxygens (including phenoxy) is 2. The molecule has 0 saturated carbocycles. The summed E-state index contributed by atoms with van der Waals surface area (Å²) in [7, 11) is 0. The molecule has 0 aromatic heterocycles. The highest BCUT2D eigenvalue weighted by Crippen LogP contribution is 2.54. The van der Waals surface area contributed by atoms with E-state index in [9.17, 15) is 14.4 Å². The maximum absolute atomic E-state index is 12.7. The summed E-state index contributed by atoms with van der Waals surface area (Å²) < 4.78 is 10.3. The Morgan fingerprint density at radius 1 is 1.29 bits per heavy atom. The molecule has 114 valence electrons. The molecule has 0 aromatic carbocycles. The summed E-state index contributed by atoms with van der Waals surface area (Å²) in [6.07, 6.45) is 3.29. The molecule has 5 heteroatoms. The van der Waals surface area contributed by atoms with E-state index in [2.05, 4.69) is 0 Å². The van der Waals surface area contributed by atoms with Crippen molar-refractivity contribution in [2.45, 2.75) is 34.6 Å². The third-order valence-corrected chi connectivity index (χ3v) is 4.22. The minimum Gasteiger partial charge on any atom is -0.463 e. The smallest absolute Gasteiger partial charge is 0.335 e. The van der Waals surface area contributed by atoms with Gasteiger partial charge in [-0.3, -0.25) is 9.59 Å². The monoisotopic (exact) mass is 292 g/mol. The predicted molar refractivity (Wildman–Crippen MR) is 75.0 cm³/mol. The molecule has 3 rings (SSSR count). The summed E-state index contributed by atoms with van der Waals surface area (Å²) >= 11 is 0. The van der Waals surface area contributed by atoms with Crippen LogP contribution in [0.15, 0.2) is 23.5 Å². The van der Waals surface area contributed by atoms with Gasteiger partial charge >= 0.3 is 11.9 Å². The number of hydrogen-bond acceptors (Lipinski definition) is 5. The van der Waals surface area contributed by atoms with Crippen LogP contribution in [0.2, 0.25) is 0 Å². The lowest BCUT2D eigenvalue weighted by Crippen LogP contribution is -2.53. The molecular formula is C16H20O5. The zero-order valence-electron chi connectivity index (χ0n) is 13.0. The standard InChI is InChI=1S/C16H20O5/c1-6-20-13(18)11-7-10-12(21-9(2)17)8-16(11,5)14(19)15(10,3)4/h7-8,10H,6H2,1-5H3. The number of carbonyl (C=O) groups is 3. The van der Waals surface area contributed by atoms with Gasteiger partial charge in [0.05, 0.1) is 17.6 Å². The van der Waals surface area contributed by atoms with Gasteiger partial charge in [-0.2, -0.15) is 0 Å². The molecule has 0 fully saturated rings. The molecule has 3 aliphatic rings. The Balaban J connectivity index is 2.53. The summed E-state index contributed by atoms with van der Waals surface area (Å²) in [5.74, 6) is -1.00. The number of esters is 2. The topological polar surface area (TPSA) is 69.7 Å². The molecule has 0 N–H and O–H groups in total.